The highest BCUT2D eigenvalue weighted by Crippen LogP contribution is 2.35. The Morgan fingerprint density at radius 2 is 2.05 bits per heavy atom. The van der Waals surface area contributed by atoms with Gasteiger partial charge in [0.15, 0.2) is 5.78 Å². The van der Waals surface area contributed by atoms with Crippen molar-refractivity contribution in [2.24, 2.45) is 11.7 Å². The van der Waals surface area contributed by atoms with Gasteiger partial charge in [-0.15, -0.1) is 11.8 Å². The number of nitrogens with two attached hydrogens (primary N) is 1. The Hall–Kier alpha value is -1.43. The highest BCUT2D eigenvalue weighted by atomic mass is 32.2. The van der Waals surface area contributed by atoms with Gasteiger partial charge in [0.1, 0.15) is 0 Å². The molecule has 1 fully saturated rings. The van der Waals surface area contributed by atoms with Gasteiger partial charge < -0.3 is 5.73 Å². The second-order valence-corrected chi connectivity index (χ2v) is 5.54. The van der Waals surface area contributed by atoms with Gasteiger partial charge in [-0.25, -0.2) is 0 Å². The molecule has 0 bridgehead atoms. The highest BCUT2D eigenvalue weighted by Gasteiger charge is 2.31. The van der Waals surface area contributed by atoms with E-state index in [0.717, 1.165) is 25.0 Å². The van der Waals surface area contributed by atoms with E-state index in [-0.39, 0.29) is 17.4 Å². The number of hydrogen-bond donors (Lipinski definition) is 1. The maximum absolute atomic E-state index is 12.7. The second-order valence-electron chi connectivity index (χ2n) is 4.69. The zero-order valence-electron chi connectivity index (χ0n) is 10.8. The van der Waals surface area contributed by atoms with Crippen molar-refractivity contribution < 1.29 is 18.0 Å². The monoisotopic (exact) mass is 301 g/mol. The molecule has 0 atom stereocenters. The summed E-state index contributed by atoms with van der Waals surface area (Å²) in [5.74, 6) is -0.00446. The molecule has 2 N–H and O–H groups in total. The molecule has 0 unspecified atom stereocenters. The highest BCUT2D eigenvalue weighted by molar-refractivity contribution is 7.98. The number of allylic oxidation sites excluding steroid dienone is 1. The predicted molar refractivity (Wildman–Crippen MR) is 73.1 cm³/mol. The first-order valence-corrected chi connectivity index (χ1v) is 7.32. The van der Waals surface area contributed by atoms with Crippen molar-refractivity contribution >= 4 is 23.2 Å². The van der Waals surface area contributed by atoms with E-state index in [4.69, 9.17) is 5.73 Å². The van der Waals surface area contributed by atoms with Crippen LogP contribution in [0.15, 0.2) is 29.2 Å². The Bertz CT molecular complexity index is 562. The molecule has 20 heavy (non-hydrogen) atoms. The predicted octanol–water partition coefficient (Wildman–Crippen LogP) is 3.71. The van der Waals surface area contributed by atoms with Crippen LogP contribution in [0.3, 0.4) is 0 Å². The van der Waals surface area contributed by atoms with Gasteiger partial charge >= 0.3 is 6.18 Å². The van der Waals surface area contributed by atoms with Crippen molar-refractivity contribution in [3.63, 3.8) is 0 Å². The normalized spacial score (nSPS) is 16.3. The lowest BCUT2D eigenvalue weighted by molar-refractivity contribution is -0.137. The van der Waals surface area contributed by atoms with Gasteiger partial charge in [-0.2, -0.15) is 13.2 Å². The molecule has 0 radical (unpaired) electrons. The first-order chi connectivity index (χ1) is 9.32. The van der Waals surface area contributed by atoms with Crippen LogP contribution in [0.2, 0.25) is 0 Å². The number of thioether (sulfide) groups is 1. The average molecular weight is 301 g/mol. The van der Waals surface area contributed by atoms with Gasteiger partial charge in [0, 0.05) is 28.1 Å². The van der Waals surface area contributed by atoms with Crippen molar-refractivity contribution in [2.45, 2.75) is 23.9 Å². The quantitative estimate of drug-likeness (QED) is 0.681. The van der Waals surface area contributed by atoms with Gasteiger partial charge in [0.25, 0.3) is 0 Å². The summed E-state index contributed by atoms with van der Waals surface area (Å²) >= 11 is 1.17. The van der Waals surface area contributed by atoms with Crippen LogP contribution in [-0.4, -0.2) is 12.0 Å². The molecule has 2 rings (SSSR count). The molecule has 1 aromatic rings. The summed E-state index contributed by atoms with van der Waals surface area (Å²) in [6.07, 6.45) is 0.357. The number of carbonyl (C=O) groups excluding carboxylic acids is 1. The smallest absolute Gasteiger partial charge is 0.398 e. The van der Waals surface area contributed by atoms with Gasteiger partial charge in [0.05, 0.1) is 5.56 Å². The number of alkyl halides is 3. The maximum atomic E-state index is 12.7. The molecular formula is C14H14F3NOS. The van der Waals surface area contributed by atoms with E-state index < -0.39 is 11.7 Å². The minimum absolute atomic E-state index is 0.0423. The molecule has 0 amide bonds. The minimum Gasteiger partial charge on any atom is -0.398 e. The molecule has 6 heteroatoms. The molecular weight excluding hydrogens is 287 g/mol. The van der Waals surface area contributed by atoms with Crippen LogP contribution in [0.5, 0.6) is 0 Å². The van der Waals surface area contributed by atoms with E-state index in [1.807, 2.05) is 0 Å². The van der Waals surface area contributed by atoms with Crippen LogP contribution in [0, 0.1) is 5.92 Å². The number of halogens is 3. The number of hydrogen-bond acceptors (Lipinski definition) is 3. The zero-order chi connectivity index (χ0) is 14.9. The van der Waals surface area contributed by atoms with Crippen molar-refractivity contribution in [2.75, 3.05) is 6.26 Å². The molecule has 0 saturated heterocycles. The average Bonchev–Trinajstić information content (AvgIpc) is 3.20. The molecule has 2 nitrogen and oxygen atoms in total. The topological polar surface area (TPSA) is 43.1 Å². The lowest BCUT2D eigenvalue weighted by Gasteiger charge is -2.12. The summed E-state index contributed by atoms with van der Waals surface area (Å²) in [5, 5.41) is 0. The van der Waals surface area contributed by atoms with Crippen molar-refractivity contribution in [3.05, 3.63) is 35.4 Å². The Morgan fingerprint density at radius 1 is 1.40 bits per heavy atom. The summed E-state index contributed by atoms with van der Waals surface area (Å²) in [5.41, 5.74) is 5.82. The molecule has 1 aromatic carbocycles. The third kappa shape index (κ3) is 3.36. The van der Waals surface area contributed by atoms with Crippen LogP contribution in [-0.2, 0) is 11.0 Å². The fourth-order valence-corrected chi connectivity index (χ4v) is 2.47. The third-order valence-electron chi connectivity index (χ3n) is 3.12. The van der Waals surface area contributed by atoms with Crippen molar-refractivity contribution in [1.82, 2.24) is 0 Å². The number of benzene rings is 1. The standard InChI is InChI=1S/C14H14F3NOS/c1-20-13-6-9(14(15,16)17)4-5-10(13)11(18)7-12(19)8-2-3-8/h4-8H,2-3,18H2,1H3. The van der Waals surface area contributed by atoms with Gasteiger partial charge in [-0.3, -0.25) is 4.79 Å². The van der Waals surface area contributed by atoms with Gasteiger partial charge in [-0.1, -0.05) is 6.07 Å². The molecule has 1 saturated carbocycles. The van der Waals surface area contributed by atoms with Gasteiger partial charge in [-0.05, 0) is 31.2 Å². The Morgan fingerprint density at radius 3 is 2.55 bits per heavy atom. The Labute approximate surface area is 119 Å². The maximum Gasteiger partial charge on any atom is 0.416 e. The van der Waals surface area contributed by atoms with E-state index in [1.54, 1.807) is 6.26 Å². The molecule has 1 aliphatic carbocycles. The van der Waals surface area contributed by atoms with E-state index in [2.05, 4.69) is 0 Å². The summed E-state index contributed by atoms with van der Waals surface area (Å²) in [6.45, 7) is 0. The lowest BCUT2D eigenvalue weighted by atomic mass is 10.1. The van der Waals surface area contributed by atoms with Crippen LogP contribution < -0.4 is 5.73 Å². The van der Waals surface area contributed by atoms with E-state index in [0.29, 0.717) is 10.5 Å². The lowest BCUT2D eigenvalue weighted by Crippen LogP contribution is -2.08. The molecule has 1 aliphatic rings. The SMILES string of the molecule is CSc1cc(C(F)(F)F)ccc1C(N)=CC(=O)C1CC1. The molecule has 0 aliphatic heterocycles. The molecule has 0 heterocycles. The summed E-state index contributed by atoms with van der Waals surface area (Å²) in [7, 11) is 0. The number of rotatable bonds is 4. The fourth-order valence-electron chi connectivity index (χ4n) is 1.82. The zero-order valence-corrected chi connectivity index (χ0v) is 11.6. The molecule has 108 valence electrons. The number of carbonyl (C=O) groups is 1. The molecule has 0 aromatic heterocycles. The Kier molecular flexibility index (Phi) is 4.13. The summed E-state index contributed by atoms with van der Waals surface area (Å²) in [4.78, 5) is 12.1. The Balaban J connectivity index is 2.33. The van der Waals surface area contributed by atoms with Crippen LogP contribution in [0.1, 0.15) is 24.0 Å². The summed E-state index contributed by atoms with van der Waals surface area (Å²) in [6, 6.07) is 3.36. The fraction of sp³-hybridized carbons (Fsp3) is 0.357. The van der Waals surface area contributed by atoms with Crippen LogP contribution in [0.25, 0.3) is 5.70 Å². The first kappa shape index (κ1) is 15.0. The number of ketones is 1. The van der Waals surface area contributed by atoms with E-state index in [9.17, 15) is 18.0 Å². The van der Waals surface area contributed by atoms with Crippen molar-refractivity contribution in [1.29, 1.82) is 0 Å². The third-order valence-corrected chi connectivity index (χ3v) is 3.89. The van der Waals surface area contributed by atoms with Crippen LogP contribution >= 0.6 is 11.8 Å². The minimum atomic E-state index is -4.38. The van der Waals surface area contributed by atoms with Gasteiger partial charge in [0.2, 0.25) is 0 Å². The largest absolute Gasteiger partial charge is 0.416 e. The second kappa shape index (κ2) is 5.52. The van der Waals surface area contributed by atoms with E-state index in [1.165, 1.54) is 23.9 Å². The van der Waals surface area contributed by atoms with Crippen molar-refractivity contribution in [3.8, 4) is 0 Å². The summed E-state index contributed by atoms with van der Waals surface area (Å²) < 4.78 is 38.0. The molecule has 0 spiro atoms. The van der Waals surface area contributed by atoms with E-state index >= 15 is 0 Å². The van der Waals surface area contributed by atoms with Crippen LogP contribution in [0.4, 0.5) is 13.2 Å². The first-order valence-electron chi connectivity index (χ1n) is 6.09.